The molecule has 17 heavy (non-hydrogen) atoms. The Morgan fingerprint density at radius 2 is 2.18 bits per heavy atom. The molecule has 0 amide bonds. The zero-order valence-electron chi connectivity index (χ0n) is 10.0. The van der Waals surface area contributed by atoms with Crippen LogP contribution in [0.4, 0.5) is 0 Å². The van der Waals surface area contributed by atoms with Crippen molar-refractivity contribution in [1.82, 2.24) is 9.47 Å². The molecular formula is C12H18N2O3. The van der Waals surface area contributed by atoms with Crippen molar-refractivity contribution < 1.29 is 9.90 Å². The molecule has 0 aliphatic rings. The Labute approximate surface area is 100 Å². The van der Waals surface area contributed by atoms with Gasteiger partial charge in [-0.25, -0.2) is 0 Å². The predicted octanol–water partition coefficient (Wildman–Crippen LogP) is 0.645. The number of hydrogen-bond acceptors (Lipinski definition) is 3. The SMILES string of the molecule is CCCN(CCn1ccccc1=O)CC(=O)O. The van der Waals surface area contributed by atoms with E-state index in [2.05, 4.69) is 0 Å². The minimum atomic E-state index is -0.834. The number of hydrogen-bond donors (Lipinski definition) is 1. The van der Waals surface area contributed by atoms with Gasteiger partial charge in [-0.15, -0.1) is 0 Å². The normalized spacial score (nSPS) is 10.7. The minimum Gasteiger partial charge on any atom is -0.480 e. The quantitative estimate of drug-likeness (QED) is 0.757. The highest BCUT2D eigenvalue weighted by atomic mass is 16.4. The van der Waals surface area contributed by atoms with Crippen molar-refractivity contribution in [3.63, 3.8) is 0 Å². The summed E-state index contributed by atoms with van der Waals surface area (Å²) in [5, 5.41) is 8.75. The van der Waals surface area contributed by atoms with Crippen LogP contribution in [0.2, 0.25) is 0 Å². The van der Waals surface area contributed by atoms with Crippen molar-refractivity contribution in [2.45, 2.75) is 19.9 Å². The Morgan fingerprint density at radius 1 is 1.41 bits per heavy atom. The summed E-state index contributed by atoms with van der Waals surface area (Å²) in [6, 6.07) is 4.99. The molecule has 0 bridgehead atoms. The monoisotopic (exact) mass is 238 g/mol. The van der Waals surface area contributed by atoms with Crippen molar-refractivity contribution >= 4 is 5.97 Å². The van der Waals surface area contributed by atoms with Crippen LogP contribution >= 0.6 is 0 Å². The van der Waals surface area contributed by atoms with Crippen LogP contribution in [0.3, 0.4) is 0 Å². The molecule has 1 aromatic heterocycles. The first-order chi connectivity index (χ1) is 8.13. The summed E-state index contributed by atoms with van der Waals surface area (Å²) in [5.74, 6) is -0.834. The third kappa shape index (κ3) is 4.82. The Hall–Kier alpha value is -1.62. The molecule has 0 saturated heterocycles. The van der Waals surface area contributed by atoms with Crippen molar-refractivity contribution in [3.8, 4) is 0 Å². The first-order valence-corrected chi connectivity index (χ1v) is 5.73. The molecule has 0 fully saturated rings. The third-order valence-corrected chi connectivity index (χ3v) is 2.45. The van der Waals surface area contributed by atoms with Gasteiger partial charge in [0.25, 0.3) is 5.56 Å². The summed E-state index contributed by atoms with van der Waals surface area (Å²) >= 11 is 0. The van der Waals surface area contributed by atoms with Gasteiger partial charge in [-0.05, 0) is 19.0 Å². The molecule has 0 radical (unpaired) electrons. The Morgan fingerprint density at radius 3 is 2.76 bits per heavy atom. The van der Waals surface area contributed by atoms with Crippen LogP contribution < -0.4 is 5.56 Å². The van der Waals surface area contributed by atoms with Gasteiger partial charge in [0.15, 0.2) is 0 Å². The van der Waals surface area contributed by atoms with Crippen molar-refractivity contribution in [2.75, 3.05) is 19.6 Å². The molecular weight excluding hydrogens is 220 g/mol. The topological polar surface area (TPSA) is 62.5 Å². The van der Waals surface area contributed by atoms with E-state index >= 15 is 0 Å². The smallest absolute Gasteiger partial charge is 0.317 e. The van der Waals surface area contributed by atoms with Gasteiger partial charge in [-0.3, -0.25) is 14.5 Å². The first kappa shape index (κ1) is 13.4. The lowest BCUT2D eigenvalue weighted by molar-refractivity contribution is -0.138. The second kappa shape index (κ2) is 6.85. The number of carbonyl (C=O) groups is 1. The number of aromatic nitrogens is 1. The van der Waals surface area contributed by atoms with E-state index in [0.717, 1.165) is 13.0 Å². The van der Waals surface area contributed by atoms with Gasteiger partial charge < -0.3 is 9.67 Å². The van der Waals surface area contributed by atoms with E-state index in [-0.39, 0.29) is 12.1 Å². The minimum absolute atomic E-state index is 0.0232. The molecule has 5 heteroatoms. The number of rotatable bonds is 7. The average Bonchev–Trinajstić information content (AvgIpc) is 2.27. The third-order valence-electron chi connectivity index (χ3n) is 2.45. The fourth-order valence-electron chi connectivity index (χ4n) is 1.67. The van der Waals surface area contributed by atoms with Gasteiger partial charge in [0, 0.05) is 25.4 Å². The second-order valence-electron chi connectivity index (χ2n) is 3.90. The average molecular weight is 238 g/mol. The molecule has 0 spiro atoms. The largest absolute Gasteiger partial charge is 0.480 e. The van der Waals surface area contributed by atoms with Gasteiger partial charge in [-0.2, -0.15) is 0 Å². The number of carboxylic acid groups (broad SMARTS) is 1. The summed E-state index contributed by atoms with van der Waals surface area (Å²) in [7, 11) is 0. The fourth-order valence-corrected chi connectivity index (χ4v) is 1.67. The number of pyridine rings is 1. The molecule has 0 unspecified atom stereocenters. The highest BCUT2D eigenvalue weighted by molar-refractivity contribution is 5.69. The fraction of sp³-hybridized carbons (Fsp3) is 0.500. The van der Waals surface area contributed by atoms with Crippen LogP contribution in [0.5, 0.6) is 0 Å². The predicted molar refractivity (Wildman–Crippen MR) is 65.1 cm³/mol. The van der Waals surface area contributed by atoms with Gasteiger partial charge in [0.05, 0.1) is 6.54 Å². The summed E-state index contributed by atoms with van der Waals surface area (Å²) in [4.78, 5) is 23.9. The number of carboxylic acids is 1. The van der Waals surface area contributed by atoms with Crippen LogP contribution in [-0.2, 0) is 11.3 Å². The second-order valence-corrected chi connectivity index (χ2v) is 3.90. The van der Waals surface area contributed by atoms with Gasteiger partial charge in [0.1, 0.15) is 0 Å². The molecule has 1 aromatic rings. The van der Waals surface area contributed by atoms with E-state index < -0.39 is 5.97 Å². The van der Waals surface area contributed by atoms with E-state index in [1.54, 1.807) is 22.9 Å². The van der Waals surface area contributed by atoms with Crippen molar-refractivity contribution in [2.24, 2.45) is 0 Å². The van der Waals surface area contributed by atoms with Crippen LogP contribution in [0, 0.1) is 0 Å². The van der Waals surface area contributed by atoms with Crippen molar-refractivity contribution in [3.05, 3.63) is 34.7 Å². The lowest BCUT2D eigenvalue weighted by Gasteiger charge is -2.19. The molecule has 94 valence electrons. The summed E-state index contributed by atoms with van der Waals surface area (Å²) in [6.07, 6.45) is 2.62. The maximum Gasteiger partial charge on any atom is 0.317 e. The van der Waals surface area contributed by atoms with E-state index in [1.165, 1.54) is 6.07 Å². The highest BCUT2D eigenvalue weighted by Gasteiger charge is 2.08. The van der Waals surface area contributed by atoms with Crippen LogP contribution in [-0.4, -0.2) is 40.2 Å². The van der Waals surface area contributed by atoms with Gasteiger partial charge in [0.2, 0.25) is 0 Å². The number of nitrogens with zero attached hydrogens (tertiary/aromatic N) is 2. The van der Waals surface area contributed by atoms with E-state index in [1.807, 2.05) is 11.8 Å². The van der Waals surface area contributed by atoms with Crippen LogP contribution in [0.15, 0.2) is 29.2 Å². The maximum atomic E-state index is 11.4. The molecule has 0 aliphatic carbocycles. The van der Waals surface area contributed by atoms with E-state index in [4.69, 9.17) is 5.11 Å². The molecule has 5 nitrogen and oxygen atoms in total. The molecule has 0 atom stereocenters. The maximum absolute atomic E-state index is 11.4. The zero-order chi connectivity index (χ0) is 12.7. The molecule has 1 heterocycles. The first-order valence-electron chi connectivity index (χ1n) is 5.73. The van der Waals surface area contributed by atoms with Crippen LogP contribution in [0.25, 0.3) is 0 Å². The lowest BCUT2D eigenvalue weighted by atomic mass is 10.3. The summed E-state index contributed by atoms with van der Waals surface area (Å²) in [5.41, 5.74) is -0.0562. The van der Waals surface area contributed by atoms with Crippen LogP contribution in [0.1, 0.15) is 13.3 Å². The molecule has 1 N–H and O–H groups in total. The lowest BCUT2D eigenvalue weighted by Crippen LogP contribution is -2.35. The van der Waals surface area contributed by atoms with E-state index in [9.17, 15) is 9.59 Å². The van der Waals surface area contributed by atoms with Gasteiger partial charge in [-0.1, -0.05) is 13.0 Å². The van der Waals surface area contributed by atoms with Gasteiger partial charge >= 0.3 is 5.97 Å². The Balaban J connectivity index is 2.54. The van der Waals surface area contributed by atoms with Crippen molar-refractivity contribution in [1.29, 1.82) is 0 Å². The number of aliphatic carboxylic acids is 1. The molecule has 0 saturated carbocycles. The molecule has 0 aliphatic heterocycles. The Kier molecular flexibility index (Phi) is 5.42. The highest BCUT2D eigenvalue weighted by Crippen LogP contribution is 1.93. The summed E-state index contributed by atoms with van der Waals surface area (Å²) < 4.78 is 1.59. The summed E-state index contributed by atoms with van der Waals surface area (Å²) in [6.45, 7) is 3.85. The molecule has 1 rings (SSSR count). The zero-order valence-corrected chi connectivity index (χ0v) is 10.0. The molecule has 0 aromatic carbocycles. The Bertz CT molecular complexity index is 414. The standard InChI is InChI=1S/C12H18N2O3/c1-2-6-13(10-12(16)17)8-9-14-7-4-3-5-11(14)15/h3-5,7H,2,6,8-10H2,1H3,(H,16,17). The van der Waals surface area contributed by atoms with E-state index in [0.29, 0.717) is 13.1 Å².